The van der Waals surface area contributed by atoms with Gasteiger partial charge < -0.3 is 29.9 Å². The van der Waals surface area contributed by atoms with E-state index in [9.17, 15) is 20.1 Å². The maximum absolute atomic E-state index is 10.7. The Labute approximate surface area is 79.5 Å². The summed E-state index contributed by atoms with van der Waals surface area (Å²) in [6.07, 6.45) is -4.65. The van der Waals surface area contributed by atoms with Crippen LogP contribution in [-0.4, -0.2) is 64.2 Å². The van der Waals surface area contributed by atoms with Gasteiger partial charge in [-0.15, -0.1) is 0 Å². The number of ether oxygens (including phenoxy) is 2. The Balaban J connectivity index is 3.00. The van der Waals surface area contributed by atoms with Crippen LogP contribution < -0.4 is 0 Å². The van der Waals surface area contributed by atoms with Crippen LogP contribution in [0.1, 0.15) is 0 Å². The number of rotatable bonds is 2. The maximum atomic E-state index is 10.7. The van der Waals surface area contributed by atoms with E-state index in [1.165, 1.54) is 0 Å². The molecule has 0 bridgehead atoms. The van der Waals surface area contributed by atoms with Crippen molar-refractivity contribution in [1.29, 1.82) is 0 Å². The summed E-state index contributed by atoms with van der Waals surface area (Å²) >= 11 is 0. The Morgan fingerprint density at radius 2 is 2.14 bits per heavy atom. The maximum Gasteiger partial charge on any atom is 0.344 e. The highest BCUT2D eigenvalue weighted by molar-refractivity contribution is 5.79. The van der Waals surface area contributed by atoms with Crippen LogP contribution >= 0.6 is 0 Å². The van der Waals surface area contributed by atoms with E-state index in [0.29, 0.717) is 0 Å². The summed E-state index contributed by atoms with van der Waals surface area (Å²) in [6.45, 7) is -0.296. The summed E-state index contributed by atoms with van der Waals surface area (Å²) in [4.78, 5) is 10.7. The molecule has 4 atom stereocenters. The van der Waals surface area contributed by atoms with Crippen LogP contribution in [0.15, 0.2) is 0 Å². The lowest BCUT2D eigenvalue weighted by atomic mass is 9.89. The molecule has 82 valence electrons. The van der Waals surface area contributed by atoms with E-state index in [1.54, 1.807) is 0 Å². The zero-order chi connectivity index (χ0) is 10.9. The van der Waals surface area contributed by atoms with Gasteiger partial charge >= 0.3 is 5.97 Å². The molecule has 0 saturated carbocycles. The van der Waals surface area contributed by atoms with Gasteiger partial charge in [-0.05, 0) is 0 Å². The molecule has 4 N–H and O–H groups in total. The van der Waals surface area contributed by atoms with Gasteiger partial charge in [0.15, 0.2) is 6.29 Å². The van der Waals surface area contributed by atoms with E-state index in [2.05, 4.69) is 9.47 Å². The van der Waals surface area contributed by atoms with Crippen molar-refractivity contribution in [1.82, 2.24) is 0 Å². The van der Waals surface area contributed by atoms with Gasteiger partial charge in [0.1, 0.15) is 12.2 Å². The number of aliphatic hydroxyl groups is 3. The van der Waals surface area contributed by atoms with Crippen LogP contribution in [0.4, 0.5) is 0 Å². The second kappa shape index (κ2) is 3.79. The first-order chi connectivity index (χ1) is 6.44. The molecule has 1 saturated heterocycles. The Hall–Kier alpha value is -0.730. The molecule has 7 nitrogen and oxygen atoms in total. The lowest BCUT2D eigenvalue weighted by Crippen LogP contribution is -2.67. The molecule has 14 heavy (non-hydrogen) atoms. The van der Waals surface area contributed by atoms with E-state index in [4.69, 9.17) is 5.11 Å². The minimum Gasteiger partial charge on any atom is -0.479 e. The molecule has 1 fully saturated rings. The minimum absolute atomic E-state index is 0.296. The largest absolute Gasteiger partial charge is 0.479 e. The lowest BCUT2D eigenvalue weighted by Gasteiger charge is -2.41. The Bertz CT molecular complexity index is 230. The predicted molar refractivity (Wildman–Crippen MR) is 41.3 cm³/mol. The summed E-state index contributed by atoms with van der Waals surface area (Å²) in [5.41, 5.74) is -2.65. The van der Waals surface area contributed by atoms with Gasteiger partial charge in [0, 0.05) is 7.11 Å². The normalized spacial score (nSPS) is 43.6. The van der Waals surface area contributed by atoms with Crippen LogP contribution in [0, 0.1) is 0 Å². The van der Waals surface area contributed by atoms with E-state index in [0.717, 1.165) is 7.11 Å². The molecule has 0 spiro atoms. The smallest absolute Gasteiger partial charge is 0.344 e. The third-order valence-electron chi connectivity index (χ3n) is 2.18. The van der Waals surface area contributed by atoms with Crippen molar-refractivity contribution < 1.29 is 34.7 Å². The van der Waals surface area contributed by atoms with Gasteiger partial charge in [0.25, 0.3) is 0 Å². The number of carboxylic acids is 1. The molecule has 0 aromatic heterocycles. The first kappa shape index (κ1) is 11.3. The number of carbonyl (C=O) groups is 1. The van der Waals surface area contributed by atoms with Crippen molar-refractivity contribution in [3.8, 4) is 0 Å². The SMILES string of the molecule is COC1C(O)COC(O)C1(O)C(=O)O. The molecule has 0 aromatic carbocycles. The fourth-order valence-electron chi connectivity index (χ4n) is 1.40. The molecule has 1 aliphatic heterocycles. The van der Waals surface area contributed by atoms with Gasteiger partial charge in [-0.25, -0.2) is 4.79 Å². The number of hydrogen-bond donors (Lipinski definition) is 4. The molecule has 0 amide bonds. The van der Waals surface area contributed by atoms with E-state index in [1.807, 2.05) is 0 Å². The van der Waals surface area contributed by atoms with Crippen LogP contribution in [-0.2, 0) is 14.3 Å². The average molecular weight is 208 g/mol. The Kier molecular flexibility index (Phi) is 3.07. The van der Waals surface area contributed by atoms with E-state index < -0.39 is 30.1 Å². The number of carboxylic acid groups (broad SMARTS) is 1. The second-order valence-electron chi connectivity index (χ2n) is 3.04. The van der Waals surface area contributed by atoms with Gasteiger partial charge in [-0.3, -0.25) is 0 Å². The molecule has 0 radical (unpaired) electrons. The zero-order valence-corrected chi connectivity index (χ0v) is 7.45. The molecule has 1 rings (SSSR count). The number of methoxy groups -OCH3 is 1. The van der Waals surface area contributed by atoms with Crippen LogP contribution in [0.5, 0.6) is 0 Å². The van der Waals surface area contributed by atoms with Gasteiger partial charge in [-0.1, -0.05) is 0 Å². The van der Waals surface area contributed by atoms with Crippen molar-refractivity contribution >= 4 is 5.97 Å². The fourth-order valence-corrected chi connectivity index (χ4v) is 1.40. The lowest BCUT2D eigenvalue weighted by molar-refractivity contribution is -0.300. The summed E-state index contributed by atoms with van der Waals surface area (Å²) in [5.74, 6) is -1.71. The fraction of sp³-hybridized carbons (Fsp3) is 0.857. The number of aliphatic hydroxyl groups excluding tert-OH is 2. The third-order valence-corrected chi connectivity index (χ3v) is 2.18. The Morgan fingerprint density at radius 1 is 1.57 bits per heavy atom. The van der Waals surface area contributed by atoms with E-state index >= 15 is 0 Å². The van der Waals surface area contributed by atoms with E-state index in [-0.39, 0.29) is 6.61 Å². The molecule has 1 aliphatic rings. The van der Waals surface area contributed by atoms with Crippen LogP contribution in [0.3, 0.4) is 0 Å². The van der Waals surface area contributed by atoms with Gasteiger partial charge in [0.05, 0.1) is 6.61 Å². The highest BCUT2D eigenvalue weighted by Gasteiger charge is 2.57. The predicted octanol–water partition coefficient (Wildman–Crippen LogP) is -2.47. The summed E-state index contributed by atoms with van der Waals surface area (Å²) in [5, 5.41) is 36.8. The highest BCUT2D eigenvalue weighted by atomic mass is 16.6. The molecule has 0 aromatic rings. The quantitative estimate of drug-likeness (QED) is 0.397. The van der Waals surface area contributed by atoms with Crippen molar-refractivity contribution in [3.63, 3.8) is 0 Å². The molecular formula is C7H12O7. The van der Waals surface area contributed by atoms with Gasteiger partial charge in [-0.2, -0.15) is 0 Å². The summed E-state index contributed by atoms with van der Waals surface area (Å²) in [6, 6.07) is 0. The van der Waals surface area contributed by atoms with Crippen LogP contribution in [0.25, 0.3) is 0 Å². The van der Waals surface area contributed by atoms with Crippen molar-refractivity contribution in [3.05, 3.63) is 0 Å². The second-order valence-corrected chi connectivity index (χ2v) is 3.04. The highest BCUT2D eigenvalue weighted by Crippen LogP contribution is 2.27. The standard InChI is InChI=1S/C7H12O7/c1-13-4-3(8)2-14-6(11)7(4,12)5(9)10/h3-4,6,8,11-12H,2H2,1H3,(H,9,10). The third kappa shape index (κ3) is 1.49. The van der Waals surface area contributed by atoms with Gasteiger partial charge in [0.2, 0.25) is 5.60 Å². The summed E-state index contributed by atoms with van der Waals surface area (Å²) in [7, 11) is 1.12. The monoisotopic (exact) mass is 208 g/mol. The molecule has 4 unspecified atom stereocenters. The molecule has 7 heteroatoms. The van der Waals surface area contributed by atoms with Crippen LogP contribution in [0.2, 0.25) is 0 Å². The molecule has 0 aliphatic carbocycles. The summed E-state index contributed by atoms with van der Waals surface area (Å²) < 4.78 is 9.12. The van der Waals surface area contributed by atoms with Crippen molar-refractivity contribution in [2.75, 3.05) is 13.7 Å². The average Bonchev–Trinajstić information content (AvgIpc) is 2.12. The number of aliphatic carboxylic acids is 1. The first-order valence-corrected chi connectivity index (χ1v) is 3.90. The zero-order valence-electron chi connectivity index (χ0n) is 7.45. The molecular weight excluding hydrogens is 196 g/mol. The Morgan fingerprint density at radius 3 is 2.50 bits per heavy atom. The molecule has 1 heterocycles. The number of hydrogen-bond acceptors (Lipinski definition) is 6. The topological polar surface area (TPSA) is 116 Å². The minimum atomic E-state index is -2.65. The van der Waals surface area contributed by atoms with Crippen molar-refractivity contribution in [2.24, 2.45) is 0 Å². The van der Waals surface area contributed by atoms with Crippen molar-refractivity contribution in [2.45, 2.75) is 24.1 Å². The first-order valence-electron chi connectivity index (χ1n) is 3.90.